The molecule has 0 N–H and O–H groups in total. The van der Waals surface area contributed by atoms with Gasteiger partial charge in [0, 0.05) is 6.07 Å². The van der Waals surface area contributed by atoms with Gasteiger partial charge in [-0.1, -0.05) is 86.3 Å². The van der Waals surface area contributed by atoms with E-state index in [1.807, 2.05) is 0 Å². The average molecular weight is 487 g/mol. The SMILES string of the molecule is CCc1cc(-c2c3ccc([Si](C)(c4ccccc4)c4ccccc4)cc3cc[n+]2C)c(C)c(C)c1C. The molecule has 0 aliphatic rings. The molecule has 1 nitrogen and oxygen atoms in total. The Labute approximate surface area is 217 Å². The molecule has 0 unspecified atom stereocenters. The molecule has 0 spiro atoms. The second kappa shape index (κ2) is 9.52. The smallest absolute Gasteiger partial charge is 0.200 e. The number of rotatable bonds is 5. The Bertz CT molecular complexity index is 1510. The van der Waals surface area contributed by atoms with Gasteiger partial charge < -0.3 is 0 Å². The molecular formula is C34H36NSi+. The summed E-state index contributed by atoms with van der Waals surface area (Å²) in [5.74, 6) is 0. The first kappa shape index (κ1) is 24.2. The van der Waals surface area contributed by atoms with Crippen LogP contribution in [0.2, 0.25) is 6.55 Å². The summed E-state index contributed by atoms with van der Waals surface area (Å²) in [4.78, 5) is 0. The molecule has 0 atom stereocenters. The van der Waals surface area contributed by atoms with Gasteiger partial charge in [-0.2, -0.15) is 0 Å². The number of aryl methyl sites for hydroxylation is 2. The Kier molecular flexibility index (Phi) is 6.40. The minimum absolute atomic E-state index is 1.05. The summed E-state index contributed by atoms with van der Waals surface area (Å²) >= 11 is 0. The highest BCUT2D eigenvalue weighted by molar-refractivity contribution is 7.10. The van der Waals surface area contributed by atoms with Crippen LogP contribution in [0.5, 0.6) is 0 Å². The third-order valence-corrected chi connectivity index (χ3v) is 12.8. The van der Waals surface area contributed by atoms with Gasteiger partial charge in [0.2, 0.25) is 5.69 Å². The molecule has 0 saturated heterocycles. The largest absolute Gasteiger partial charge is 0.220 e. The third-order valence-electron chi connectivity index (χ3n) is 8.38. The van der Waals surface area contributed by atoms with Gasteiger partial charge in [0.1, 0.15) is 15.1 Å². The van der Waals surface area contributed by atoms with Crippen LogP contribution >= 0.6 is 0 Å². The van der Waals surface area contributed by atoms with Crippen molar-refractivity contribution in [1.82, 2.24) is 0 Å². The van der Waals surface area contributed by atoms with Crippen molar-refractivity contribution >= 4 is 34.4 Å². The highest BCUT2D eigenvalue weighted by Gasteiger charge is 2.34. The first-order valence-corrected chi connectivity index (χ1v) is 15.5. The molecule has 5 rings (SSSR count). The maximum absolute atomic E-state index is 2.49. The van der Waals surface area contributed by atoms with Crippen LogP contribution in [0.1, 0.15) is 29.2 Å². The second-order valence-electron chi connectivity index (χ2n) is 10.2. The number of pyridine rings is 1. The molecule has 0 amide bonds. The summed E-state index contributed by atoms with van der Waals surface area (Å²) in [5.41, 5.74) is 8.31. The topological polar surface area (TPSA) is 3.88 Å². The van der Waals surface area contributed by atoms with Crippen molar-refractivity contribution in [2.24, 2.45) is 7.05 Å². The summed E-state index contributed by atoms with van der Waals surface area (Å²) in [6.45, 7) is 11.6. The molecule has 0 bridgehead atoms. The molecule has 1 aromatic heterocycles. The van der Waals surface area contributed by atoms with E-state index in [1.54, 1.807) is 0 Å². The van der Waals surface area contributed by atoms with Gasteiger partial charge >= 0.3 is 0 Å². The molecule has 180 valence electrons. The summed E-state index contributed by atoms with van der Waals surface area (Å²) in [5, 5.41) is 6.94. The summed E-state index contributed by atoms with van der Waals surface area (Å²) < 4.78 is 2.30. The van der Waals surface area contributed by atoms with E-state index in [0.29, 0.717) is 0 Å². The zero-order valence-corrected chi connectivity index (χ0v) is 23.4. The van der Waals surface area contributed by atoms with Crippen LogP contribution in [0, 0.1) is 20.8 Å². The molecule has 0 saturated carbocycles. The molecule has 1 heterocycles. The van der Waals surface area contributed by atoms with Crippen molar-refractivity contribution in [3.8, 4) is 11.3 Å². The average Bonchev–Trinajstić information content (AvgIpc) is 2.92. The Morgan fingerprint density at radius 3 is 1.86 bits per heavy atom. The van der Waals surface area contributed by atoms with Gasteiger partial charge in [0.25, 0.3) is 0 Å². The van der Waals surface area contributed by atoms with Gasteiger partial charge in [-0.15, -0.1) is 0 Å². The summed E-state index contributed by atoms with van der Waals surface area (Å²) in [6, 6.07) is 34.1. The first-order chi connectivity index (χ1) is 17.4. The third kappa shape index (κ3) is 3.90. The van der Waals surface area contributed by atoms with Crippen molar-refractivity contribution in [3.63, 3.8) is 0 Å². The lowest BCUT2D eigenvalue weighted by Gasteiger charge is -2.29. The lowest BCUT2D eigenvalue weighted by molar-refractivity contribution is -0.659. The molecule has 0 radical (unpaired) electrons. The van der Waals surface area contributed by atoms with Crippen molar-refractivity contribution in [2.45, 2.75) is 40.7 Å². The lowest BCUT2D eigenvalue weighted by Crippen LogP contribution is -2.64. The lowest BCUT2D eigenvalue weighted by atomic mass is 9.90. The monoisotopic (exact) mass is 486 g/mol. The van der Waals surface area contributed by atoms with Crippen LogP contribution in [0.15, 0.2) is 97.2 Å². The van der Waals surface area contributed by atoms with Crippen molar-refractivity contribution < 1.29 is 4.57 Å². The zero-order chi connectivity index (χ0) is 25.4. The Hall–Kier alpha value is -3.49. The summed E-state index contributed by atoms with van der Waals surface area (Å²) in [6.07, 6.45) is 3.28. The maximum atomic E-state index is 2.49. The van der Waals surface area contributed by atoms with E-state index in [2.05, 4.69) is 143 Å². The van der Waals surface area contributed by atoms with Crippen LogP contribution in [-0.4, -0.2) is 8.07 Å². The molecule has 0 aliphatic carbocycles. The van der Waals surface area contributed by atoms with Crippen molar-refractivity contribution in [2.75, 3.05) is 0 Å². The quantitative estimate of drug-likeness (QED) is 0.165. The Morgan fingerprint density at radius 2 is 1.28 bits per heavy atom. The number of fused-ring (bicyclic) bond motifs is 1. The predicted molar refractivity (Wildman–Crippen MR) is 158 cm³/mol. The van der Waals surface area contributed by atoms with E-state index >= 15 is 0 Å². The zero-order valence-electron chi connectivity index (χ0n) is 22.4. The van der Waals surface area contributed by atoms with E-state index in [-0.39, 0.29) is 0 Å². The van der Waals surface area contributed by atoms with Gasteiger partial charge in [-0.05, 0) is 82.5 Å². The fraction of sp³-hybridized carbons (Fsp3) is 0.206. The Morgan fingerprint density at radius 1 is 0.667 bits per heavy atom. The van der Waals surface area contributed by atoms with E-state index in [9.17, 15) is 0 Å². The maximum Gasteiger partial charge on any atom is 0.220 e. The van der Waals surface area contributed by atoms with Crippen molar-refractivity contribution in [1.29, 1.82) is 0 Å². The highest BCUT2D eigenvalue weighted by atomic mass is 28.3. The summed E-state index contributed by atoms with van der Waals surface area (Å²) in [7, 11) is 0.0223. The number of hydrogen-bond acceptors (Lipinski definition) is 0. The van der Waals surface area contributed by atoms with Crippen LogP contribution < -0.4 is 20.1 Å². The second-order valence-corrected chi connectivity index (χ2v) is 14.2. The predicted octanol–water partition coefficient (Wildman–Crippen LogP) is 5.92. The molecule has 36 heavy (non-hydrogen) atoms. The van der Waals surface area contributed by atoms with Gasteiger partial charge in [-0.3, -0.25) is 0 Å². The van der Waals surface area contributed by atoms with Crippen LogP contribution in [-0.2, 0) is 13.5 Å². The first-order valence-electron chi connectivity index (χ1n) is 13.0. The fourth-order valence-corrected chi connectivity index (χ4v) is 9.37. The molecule has 0 aliphatic heterocycles. The van der Waals surface area contributed by atoms with Gasteiger partial charge in [0.05, 0.1) is 10.9 Å². The molecular weight excluding hydrogens is 450 g/mol. The normalized spacial score (nSPS) is 11.7. The highest BCUT2D eigenvalue weighted by Crippen LogP contribution is 2.32. The van der Waals surface area contributed by atoms with Crippen molar-refractivity contribution in [3.05, 3.63) is 119 Å². The Balaban J connectivity index is 1.76. The van der Waals surface area contributed by atoms with Gasteiger partial charge in [0.15, 0.2) is 6.20 Å². The van der Waals surface area contributed by atoms with E-state index < -0.39 is 8.07 Å². The van der Waals surface area contributed by atoms with E-state index in [4.69, 9.17) is 0 Å². The van der Waals surface area contributed by atoms with Gasteiger partial charge in [-0.25, -0.2) is 4.57 Å². The fourth-order valence-electron chi connectivity index (χ4n) is 5.79. The van der Waals surface area contributed by atoms with Crippen LogP contribution in [0.25, 0.3) is 22.0 Å². The van der Waals surface area contributed by atoms with Crippen LogP contribution in [0.4, 0.5) is 0 Å². The number of nitrogens with zero attached hydrogens (tertiary/aromatic N) is 1. The number of aromatic nitrogens is 1. The van der Waals surface area contributed by atoms with Crippen LogP contribution in [0.3, 0.4) is 0 Å². The standard InChI is InChI=1S/C34H36NSi/c1-7-27-23-33(26(4)24(2)25(27)3)34-32-19-18-31(22-28(32)20-21-35(34)5)36(6,29-14-10-8-11-15-29)30-16-12-9-13-17-30/h8-23H,7H2,1-6H3/q+1. The number of hydrogen-bond donors (Lipinski definition) is 0. The molecule has 4 aromatic carbocycles. The minimum Gasteiger partial charge on any atom is -0.200 e. The minimum atomic E-state index is -2.15. The van der Waals surface area contributed by atoms with E-state index in [1.165, 1.54) is 59.8 Å². The number of benzene rings is 4. The van der Waals surface area contributed by atoms with E-state index in [0.717, 1.165) is 6.42 Å². The molecule has 0 fully saturated rings. The molecule has 2 heteroatoms. The molecule has 5 aromatic rings.